The lowest BCUT2D eigenvalue weighted by Gasteiger charge is -2.38. The molecule has 9 aromatic rings. The van der Waals surface area contributed by atoms with Gasteiger partial charge in [-0.15, -0.1) is 11.3 Å². The monoisotopic (exact) mass is 839 g/mol. The molecule has 308 valence electrons. The highest BCUT2D eigenvalue weighted by atomic mass is 32.1. The molecule has 0 N–H and O–H groups in total. The van der Waals surface area contributed by atoms with Crippen LogP contribution in [-0.4, -0.2) is 0 Å². The SMILES string of the molecule is C/C=C\C=C/C(C)C1(c2ccc(N(c3ccc(-c4ccc(-c5ccccc5)cc4)cc3)c3ccc(C4CC=Cc5sc6ccccc6c54)cc3)cc2)c2ccccc2-c2ccccc21. The smallest absolute Gasteiger partial charge is 0.0523 e. The number of hydrogen-bond donors (Lipinski definition) is 0. The van der Waals surface area contributed by atoms with E-state index in [4.69, 9.17) is 0 Å². The molecule has 8 aromatic carbocycles. The molecule has 2 aliphatic rings. The minimum atomic E-state index is -0.354. The summed E-state index contributed by atoms with van der Waals surface area (Å²) in [6.45, 7) is 4.45. The molecule has 11 rings (SSSR count). The molecule has 0 spiro atoms. The average molecular weight is 840 g/mol. The molecule has 2 atom stereocenters. The maximum absolute atomic E-state index is 2.42. The Kier molecular flexibility index (Phi) is 10.4. The topological polar surface area (TPSA) is 3.24 Å². The first-order valence-corrected chi connectivity index (χ1v) is 23.4. The number of nitrogens with zero attached hydrogens (tertiary/aromatic N) is 1. The number of benzene rings is 8. The molecular weight excluding hydrogens is 791 g/mol. The second-order valence-electron chi connectivity index (χ2n) is 17.1. The minimum Gasteiger partial charge on any atom is -0.311 e. The van der Waals surface area contributed by atoms with Gasteiger partial charge in [0.05, 0.1) is 5.41 Å². The van der Waals surface area contributed by atoms with Crippen molar-refractivity contribution in [2.45, 2.75) is 31.6 Å². The highest BCUT2D eigenvalue weighted by Gasteiger charge is 2.47. The molecule has 1 nitrogen and oxygen atoms in total. The highest BCUT2D eigenvalue weighted by molar-refractivity contribution is 7.20. The van der Waals surface area contributed by atoms with Gasteiger partial charge in [0.15, 0.2) is 0 Å². The summed E-state index contributed by atoms with van der Waals surface area (Å²) in [5.74, 6) is 0.510. The molecule has 2 aliphatic carbocycles. The van der Waals surface area contributed by atoms with Gasteiger partial charge in [-0.1, -0.05) is 195 Å². The van der Waals surface area contributed by atoms with Crippen molar-refractivity contribution < 1.29 is 0 Å². The Morgan fingerprint density at radius 1 is 0.547 bits per heavy atom. The van der Waals surface area contributed by atoms with Gasteiger partial charge in [-0.3, -0.25) is 0 Å². The van der Waals surface area contributed by atoms with E-state index in [-0.39, 0.29) is 11.3 Å². The van der Waals surface area contributed by atoms with Crippen LogP contribution in [0.1, 0.15) is 58.9 Å². The van der Waals surface area contributed by atoms with Crippen molar-refractivity contribution >= 4 is 44.6 Å². The van der Waals surface area contributed by atoms with E-state index in [1.165, 1.54) is 76.2 Å². The van der Waals surface area contributed by atoms with Crippen molar-refractivity contribution in [2.24, 2.45) is 5.92 Å². The lowest BCUT2D eigenvalue weighted by molar-refractivity contribution is 0.492. The molecule has 0 fully saturated rings. The summed E-state index contributed by atoms with van der Waals surface area (Å²) in [5.41, 5.74) is 17.3. The van der Waals surface area contributed by atoms with Gasteiger partial charge in [0.2, 0.25) is 0 Å². The number of hydrogen-bond acceptors (Lipinski definition) is 2. The van der Waals surface area contributed by atoms with Crippen LogP contribution in [0.5, 0.6) is 0 Å². The van der Waals surface area contributed by atoms with Gasteiger partial charge in [-0.25, -0.2) is 0 Å². The Balaban J connectivity index is 0.998. The summed E-state index contributed by atoms with van der Waals surface area (Å²) >= 11 is 1.91. The summed E-state index contributed by atoms with van der Waals surface area (Å²) < 4.78 is 1.36. The Morgan fingerprint density at radius 3 is 1.69 bits per heavy atom. The molecule has 1 heterocycles. The number of allylic oxidation sites excluding steroid dienone is 5. The van der Waals surface area contributed by atoms with Crippen LogP contribution in [0, 0.1) is 5.92 Å². The average Bonchev–Trinajstić information content (AvgIpc) is 3.90. The molecule has 2 heteroatoms. The Bertz CT molecular complexity index is 3140. The molecule has 0 saturated carbocycles. The van der Waals surface area contributed by atoms with Crippen molar-refractivity contribution in [3.05, 3.63) is 263 Å². The Hall–Kier alpha value is -7.26. The van der Waals surface area contributed by atoms with Crippen molar-refractivity contribution in [3.63, 3.8) is 0 Å². The molecular formula is C62H49NS. The number of thiophene rings is 1. The van der Waals surface area contributed by atoms with Crippen LogP contribution in [0.25, 0.3) is 49.5 Å². The molecule has 0 bridgehead atoms. The largest absolute Gasteiger partial charge is 0.311 e. The van der Waals surface area contributed by atoms with Crippen molar-refractivity contribution in [1.29, 1.82) is 0 Å². The zero-order valence-electron chi connectivity index (χ0n) is 36.2. The van der Waals surface area contributed by atoms with E-state index in [2.05, 4.69) is 255 Å². The van der Waals surface area contributed by atoms with Gasteiger partial charge in [0, 0.05) is 32.6 Å². The summed E-state index contributed by atoms with van der Waals surface area (Å²) in [6.07, 6.45) is 14.5. The maximum Gasteiger partial charge on any atom is 0.0523 e. The predicted octanol–water partition coefficient (Wildman–Crippen LogP) is 17.3. The molecule has 64 heavy (non-hydrogen) atoms. The van der Waals surface area contributed by atoms with E-state index in [1.807, 2.05) is 11.3 Å². The van der Waals surface area contributed by atoms with Crippen molar-refractivity contribution in [3.8, 4) is 33.4 Å². The van der Waals surface area contributed by atoms with E-state index in [1.54, 1.807) is 0 Å². The summed E-state index contributed by atoms with van der Waals surface area (Å²) in [6, 6.07) is 74.3. The van der Waals surface area contributed by atoms with Crippen LogP contribution in [0.4, 0.5) is 17.1 Å². The van der Waals surface area contributed by atoms with Crippen LogP contribution < -0.4 is 4.90 Å². The van der Waals surface area contributed by atoms with E-state index in [9.17, 15) is 0 Å². The molecule has 0 saturated heterocycles. The van der Waals surface area contributed by atoms with E-state index < -0.39 is 0 Å². The molecule has 0 aliphatic heterocycles. The van der Waals surface area contributed by atoms with Gasteiger partial charge in [-0.05, 0) is 134 Å². The third kappa shape index (κ3) is 6.78. The van der Waals surface area contributed by atoms with Crippen LogP contribution in [0.15, 0.2) is 231 Å². The number of rotatable bonds is 10. The maximum atomic E-state index is 2.42. The lowest BCUT2D eigenvalue weighted by atomic mass is 9.64. The van der Waals surface area contributed by atoms with Crippen LogP contribution >= 0.6 is 11.3 Å². The molecule has 0 amide bonds. The second kappa shape index (κ2) is 16.8. The number of anilines is 3. The van der Waals surface area contributed by atoms with Gasteiger partial charge in [0.1, 0.15) is 0 Å². The third-order valence-corrected chi connectivity index (χ3v) is 14.8. The third-order valence-electron chi connectivity index (χ3n) is 13.6. The molecule has 2 unspecified atom stereocenters. The van der Waals surface area contributed by atoms with Crippen LogP contribution in [-0.2, 0) is 5.41 Å². The first kappa shape index (κ1) is 39.6. The Morgan fingerprint density at radius 2 is 1.06 bits per heavy atom. The van der Waals surface area contributed by atoms with E-state index in [0.29, 0.717) is 5.92 Å². The highest BCUT2D eigenvalue weighted by Crippen LogP contribution is 2.57. The molecule has 0 radical (unpaired) electrons. The molecule has 1 aromatic heterocycles. The lowest BCUT2D eigenvalue weighted by Crippen LogP contribution is -2.33. The van der Waals surface area contributed by atoms with Crippen LogP contribution in [0.2, 0.25) is 0 Å². The normalized spacial score (nSPS) is 15.3. The zero-order valence-corrected chi connectivity index (χ0v) is 37.1. The zero-order chi connectivity index (χ0) is 43.0. The van der Waals surface area contributed by atoms with Gasteiger partial charge in [-0.2, -0.15) is 0 Å². The van der Waals surface area contributed by atoms with Crippen LogP contribution in [0.3, 0.4) is 0 Å². The first-order valence-electron chi connectivity index (χ1n) is 22.5. The van der Waals surface area contributed by atoms with Gasteiger partial charge < -0.3 is 4.90 Å². The summed E-state index contributed by atoms with van der Waals surface area (Å²) in [5, 5.41) is 1.38. The first-order chi connectivity index (χ1) is 31.6. The van der Waals surface area contributed by atoms with E-state index >= 15 is 0 Å². The fraction of sp³-hybridized carbons (Fsp3) is 0.0968. The summed E-state index contributed by atoms with van der Waals surface area (Å²) in [7, 11) is 0. The van der Waals surface area contributed by atoms with E-state index in [0.717, 1.165) is 23.5 Å². The summed E-state index contributed by atoms with van der Waals surface area (Å²) in [4.78, 5) is 3.80. The van der Waals surface area contributed by atoms with Gasteiger partial charge in [0.25, 0.3) is 0 Å². The fourth-order valence-electron chi connectivity index (χ4n) is 10.6. The number of fused-ring (bicyclic) bond motifs is 6. The quantitative estimate of drug-likeness (QED) is 0.124. The predicted molar refractivity (Wildman–Crippen MR) is 274 cm³/mol. The Labute approximate surface area is 381 Å². The van der Waals surface area contributed by atoms with Gasteiger partial charge >= 0.3 is 0 Å². The second-order valence-corrected chi connectivity index (χ2v) is 18.2. The van der Waals surface area contributed by atoms with Crippen molar-refractivity contribution in [1.82, 2.24) is 0 Å². The standard InChI is InChI=1S/C62H49NS/c1-3-4-6-16-43(2)62(57-23-12-9-19-54(57)55-20-10-13-24-58(55)62)49-35-41-52(42-36-49)63(50-37-31-47(32-38-50)46-29-27-45(28-30-46)44-17-7-5-8-18-44)51-39-33-48(34-40-51)53-22-15-26-60-61(53)56-21-11-14-25-59(56)64-60/h3-21,23-43,53H,22H2,1-2H3/b4-3-,16-6-. The minimum absolute atomic E-state index is 0.188. The van der Waals surface area contributed by atoms with Crippen molar-refractivity contribution in [2.75, 3.05) is 4.90 Å². The fourth-order valence-corrected chi connectivity index (χ4v) is 11.8.